The highest BCUT2D eigenvalue weighted by molar-refractivity contribution is 5.95. The second kappa shape index (κ2) is 6.09. The zero-order chi connectivity index (χ0) is 14.1. The van der Waals surface area contributed by atoms with Crippen molar-refractivity contribution in [2.75, 3.05) is 5.32 Å². The summed E-state index contributed by atoms with van der Waals surface area (Å²) < 4.78 is 1.48. The highest BCUT2D eigenvalue weighted by Crippen LogP contribution is 2.26. The van der Waals surface area contributed by atoms with E-state index in [0.717, 1.165) is 25.7 Å². The fourth-order valence-corrected chi connectivity index (χ4v) is 2.57. The van der Waals surface area contributed by atoms with Gasteiger partial charge in [-0.05, 0) is 25.0 Å². The summed E-state index contributed by atoms with van der Waals surface area (Å²) >= 11 is 0. The molecule has 0 atom stereocenters. The number of halogens is 1. The number of aromatic nitrogens is 3. The number of hydrogen-bond acceptors (Lipinski definition) is 4. The maximum Gasteiger partial charge on any atom is 0.339 e. The van der Waals surface area contributed by atoms with Crippen LogP contribution in [0.5, 0.6) is 0 Å². The summed E-state index contributed by atoms with van der Waals surface area (Å²) in [6.07, 6.45) is 5.56. The van der Waals surface area contributed by atoms with Gasteiger partial charge in [-0.3, -0.25) is 14.5 Å². The van der Waals surface area contributed by atoms with E-state index in [0.29, 0.717) is 0 Å². The summed E-state index contributed by atoms with van der Waals surface area (Å²) in [5, 5.41) is 19.5. The first-order valence-corrected chi connectivity index (χ1v) is 6.54. The highest BCUT2D eigenvalue weighted by atomic mass is 35.5. The lowest BCUT2D eigenvalue weighted by atomic mass is 10.1. The summed E-state index contributed by atoms with van der Waals surface area (Å²) in [4.78, 5) is 23.2. The standard InChI is InChI=1S/C13H14N4O3.ClH/c18-11(8-4-1-2-5-8)14-13-16-15-10-9(12(19)20)6-3-7-17(10)13;/h3,6-8H,1-2,4-5H2,(H,19,20)(H,14,16,18);1H. The van der Waals surface area contributed by atoms with Gasteiger partial charge in [-0.2, -0.15) is 0 Å². The normalized spacial score (nSPS) is 14.9. The summed E-state index contributed by atoms with van der Waals surface area (Å²) in [6, 6.07) is 3.04. The number of nitrogens with zero attached hydrogens (tertiary/aromatic N) is 3. The molecule has 0 saturated heterocycles. The first kappa shape index (κ1) is 15.2. The number of carbonyl (C=O) groups excluding carboxylic acids is 1. The Hall–Kier alpha value is -2.15. The lowest BCUT2D eigenvalue weighted by Gasteiger charge is -2.08. The predicted octanol–water partition coefficient (Wildman–Crippen LogP) is 1.98. The quantitative estimate of drug-likeness (QED) is 0.903. The molecule has 0 aromatic carbocycles. The predicted molar refractivity (Wildman–Crippen MR) is 77.8 cm³/mol. The molecule has 1 aliphatic carbocycles. The van der Waals surface area contributed by atoms with Gasteiger partial charge in [-0.15, -0.1) is 22.6 Å². The molecular formula is C13H15ClN4O3. The first-order chi connectivity index (χ1) is 9.66. The number of carboxylic acid groups (broad SMARTS) is 1. The van der Waals surface area contributed by atoms with Crippen molar-refractivity contribution in [3.8, 4) is 0 Å². The van der Waals surface area contributed by atoms with Crippen molar-refractivity contribution in [3.63, 3.8) is 0 Å². The van der Waals surface area contributed by atoms with Gasteiger partial charge in [0.25, 0.3) is 0 Å². The maximum absolute atomic E-state index is 12.1. The van der Waals surface area contributed by atoms with E-state index in [4.69, 9.17) is 5.11 Å². The zero-order valence-electron chi connectivity index (χ0n) is 11.2. The minimum absolute atomic E-state index is 0. The monoisotopic (exact) mass is 310 g/mol. The largest absolute Gasteiger partial charge is 0.478 e. The van der Waals surface area contributed by atoms with Crippen LogP contribution in [0.2, 0.25) is 0 Å². The molecule has 1 aliphatic rings. The van der Waals surface area contributed by atoms with E-state index in [-0.39, 0.29) is 41.4 Å². The van der Waals surface area contributed by atoms with Crippen LogP contribution in [0.3, 0.4) is 0 Å². The van der Waals surface area contributed by atoms with Crippen LogP contribution in [0.4, 0.5) is 5.95 Å². The van der Waals surface area contributed by atoms with Crippen molar-refractivity contribution in [1.82, 2.24) is 14.6 Å². The van der Waals surface area contributed by atoms with E-state index >= 15 is 0 Å². The van der Waals surface area contributed by atoms with Crippen LogP contribution in [0.15, 0.2) is 18.3 Å². The Morgan fingerprint density at radius 3 is 2.67 bits per heavy atom. The van der Waals surface area contributed by atoms with Gasteiger partial charge in [-0.1, -0.05) is 12.8 Å². The number of carbonyl (C=O) groups is 2. The molecule has 8 heteroatoms. The maximum atomic E-state index is 12.1. The van der Waals surface area contributed by atoms with E-state index in [9.17, 15) is 9.59 Å². The Labute approximate surface area is 126 Å². The lowest BCUT2D eigenvalue weighted by Crippen LogP contribution is -2.21. The Morgan fingerprint density at radius 1 is 1.29 bits per heavy atom. The topological polar surface area (TPSA) is 96.6 Å². The van der Waals surface area contributed by atoms with Crippen LogP contribution in [-0.4, -0.2) is 31.6 Å². The number of nitrogens with one attached hydrogen (secondary N) is 1. The van der Waals surface area contributed by atoms with Crippen LogP contribution in [0.25, 0.3) is 5.65 Å². The molecule has 2 heterocycles. The van der Waals surface area contributed by atoms with Crippen LogP contribution in [0, 0.1) is 5.92 Å². The fourth-order valence-electron chi connectivity index (χ4n) is 2.57. The molecule has 0 aliphatic heterocycles. The smallest absolute Gasteiger partial charge is 0.339 e. The van der Waals surface area contributed by atoms with Gasteiger partial charge in [0.1, 0.15) is 5.56 Å². The SMILES string of the molecule is Cl.O=C(O)c1cccn2c(NC(=O)C3CCCC3)nnc12. The molecule has 2 N–H and O–H groups in total. The number of anilines is 1. The second-order valence-electron chi connectivity index (χ2n) is 4.91. The molecule has 1 saturated carbocycles. The minimum atomic E-state index is -1.07. The van der Waals surface area contributed by atoms with Gasteiger partial charge in [0.2, 0.25) is 11.9 Å². The number of hydrogen-bond donors (Lipinski definition) is 2. The third-order valence-corrected chi connectivity index (χ3v) is 3.63. The Bertz CT molecular complexity index is 679. The molecule has 112 valence electrons. The number of amides is 1. The van der Waals surface area contributed by atoms with Gasteiger partial charge in [-0.25, -0.2) is 4.79 Å². The molecule has 0 unspecified atom stereocenters. The van der Waals surface area contributed by atoms with E-state index < -0.39 is 5.97 Å². The van der Waals surface area contributed by atoms with Gasteiger partial charge in [0.05, 0.1) is 0 Å². The molecule has 7 nitrogen and oxygen atoms in total. The lowest BCUT2D eigenvalue weighted by molar-refractivity contribution is -0.119. The van der Waals surface area contributed by atoms with Gasteiger partial charge >= 0.3 is 5.97 Å². The fraction of sp³-hybridized carbons (Fsp3) is 0.385. The van der Waals surface area contributed by atoms with Crippen LogP contribution in [0.1, 0.15) is 36.0 Å². The average molecular weight is 311 g/mol. The number of rotatable bonds is 3. The van der Waals surface area contributed by atoms with Crippen molar-refractivity contribution in [2.45, 2.75) is 25.7 Å². The molecule has 2 aromatic heterocycles. The van der Waals surface area contributed by atoms with E-state index in [1.54, 1.807) is 12.3 Å². The van der Waals surface area contributed by atoms with Crippen molar-refractivity contribution < 1.29 is 14.7 Å². The number of aromatic carboxylic acids is 1. The summed E-state index contributed by atoms with van der Waals surface area (Å²) in [5.41, 5.74) is 0.281. The van der Waals surface area contributed by atoms with Crippen LogP contribution < -0.4 is 5.32 Å². The first-order valence-electron chi connectivity index (χ1n) is 6.54. The molecule has 2 aromatic rings. The van der Waals surface area contributed by atoms with Crippen molar-refractivity contribution in [1.29, 1.82) is 0 Å². The molecular weight excluding hydrogens is 296 g/mol. The van der Waals surface area contributed by atoms with Gasteiger partial charge in [0.15, 0.2) is 5.65 Å². The zero-order valence-corrected chi connectivity index (χ0v) is 12.0. The molecule has 1 fully saturated rings. The third-order valence-electron chi connectivity index (χ3n) is 3.63. The number of pyridine rings is 1. The minimum Gasteiger partial charge on any atom is -0.478 e. The average Bonchev–Trinajstić information content (AvgIpc) is 3.08. The molecule has 3 rings (SSSR count). The highest BCUT2D eigenvalue weighted by Gasteiger charge is 2.24. The van der Waals surface area contributed by atoms with Crippen LogP contribution in [-0.2, 0) is 4.79 Å². The van der Waals surface area contributed by atoms with Gasteiger partial charge in [0, 0.05) is 12.1 Å². The molecule has 0 spiro atoms. The van der Waals surface area contributed by atoms with Crippen LogP contribution >= 0.6 is 12.4 Å². The van der Waals surface area contributed by atoms with Crippen molar-refractivity contribution in [2.24, 2.45) is 5.92 Å². The van der Waals surface area contributed by atoms with Crippen molar-refractivity contribution in [3.05, 3.63) is 23.9 Å². The van der Waals surface area contributed by atoms with Crippen molar-refractivity contribution >= 4 is 35.9 Å². The van der Waals surface area contributed by atoms with E-state index in [1.165, 1.54) is 10.5 Å². The molecule has 21 heavy (non-hydrogen) atoms. The van der Waals surface area contributed by atoms with E-state index in [2.05, 4.69) is 15.5 Å². The summed E-state index contributed by atoms with van der Waals surface area (Å²) in [6.45, 7) is 0. The summed E-state index contributed by atoms with van der Waals surface area (Å²) in [5.74, 6) is -0.862. The molecule has 1 amide bonds. The Kier molecular flexibility index (Phi) is 4.42. The summed E-state index contributed by atoms with van der Waals surface area (Å²) in [7, 11) is 0. The Morgan fingerprint density at radius 2 is 2.00 bits per heavy atom. The third kappa shape index (κ3) is 2.82. The second-order valence-corrected chi connectivity index (χ2v) is 4.91. The van der Waals surface area contributed by atoms with E-state index in [1.807, 2.05) is 0 Å². The molecule has 0 radical (unpaired) electrons. The molecule has 0 bridgehead atoms. The Balaban J connectivity index is 0.00000161. The number of carboxylic acids is 1. The number of fused-ring (bicyclic) bond motifs is 1. The van der Waals surface area contributed by atoms with Gasteiger partial charge < -0.3 is 5.11 Å².